The summed E-state index contributed by atoms with van der Waals surface area (Å²) in [5, 5.41) is 9.03. The Hall–Kier alpha value is -0.560. The molecule has 0 saturated carbocycles. The van der Waals surface area contributed by atoms with Crippen LogP contribution in [0, 0.1) is 0 Å². The van der Waals surface area contributed by atoms with E-state index in [2.05, 4.69) is 31.2 Å². The van der Waals surface area contributed by atoms with E-state index in [0.29, 0.717) is 0 Å². The lowest BCUT2D eigenvalue weighted by molar-refractivity contribution is 0.180. The first kappa shape index (κ1) is 13.4. The molecule has 0 aromatic heterocycles. The summed E-state index contributed by atoms with van der Waals surface area (Å²) in [5.41, 5.74) is 0. The van der Waals surface area contributed by atoms with Crippen LogP contribution in [-0.2, 0) is 0 Å². The Morgan fingerprint density at radius 3 is 2.43 bits per heavy atom. The van der Waals surface area contributed by atoms with Gasteiger partial charge in [-0.05, 0) is 32.6 Å². The first-order valence-electron chi connectivity index (χ1n) is 5.77. The zero-order valence-corrected chi connectivity index (χ0v) is 9.58. The second kappa shape index (κ2) is 10.5. The van der Waals surface area contributed by atoms with E-state index >= 15 is 0 Å². The first-order chi connectivity index (χ1) is 6.77. The van der Waals surface area contributed by atoms with Gasteiger partial charge in [-0.3, -0.25) is 0 Å². The molecule has 0 heterocycles. The third kappa shape index (κ3) is 11.4. The molecular weight excluding hydrogens is 172 g/mol. The zero-order chi connectivity index (χ0) is 10.6. The molecule has 0 aliphatic rings. The average Bonchev–Trinajstić information content (AvgIpc) is 2.15. The van der Waals surface area contributed by atoms with Crippen molar-refractivity contribution in [3.05, 3.63) is 24.3 Å². The van der Waals surface area contributed by atoms with E-state index in [1.807, 2.05) is 6.92 Å². The number of hydrogen-bond donors (Lipinski definition) is 1. The van der Waals surface area contributed by atoms with Gasteiger partial charge in [0.25, 0.3) is 0 Å². The van der Waals surface area contributed by atoms with E-state index in [1.165, 1.54) is 12.8 Å². The van der Waals surface area contributed by atoms with Gasteiger partial charge in [-0.25, -0.2) is 0 Å². The van der Waals surface area contributed by atoms with Crippen molar-refractivity contribution in [2.75, 3.05) is 0 Å². The summed E-state index contributed by atoms with van der Waals surface area (Å²) >= 11 is 0. The molecule has 0 aliphatic carbocycles. The van der Waals surface area contributed by atoms with E-state index in [-0.39, 0.29) is 6.10 Å². The topological polar surface area (TPSA) is 20.2 Å². The molecule has 1 nitrogen and oxygen atoms in total. The molecule has 0 unspecified atom stereocenters. The predicted octanol–water partition coefficient (Wildman–Crippen LogP) is 3.84. The molecule has 0 aromatic carbocycles. The van der Waals surface area contributed by atoms with Crippen molar-refractivity contribution >= 4 is 0 Å². The maximum Gasteiger partial charge on any atom is 0.0512 e. The second-order valence-corrected chi connectivity index (χ2v) is 3.75. The molecule has 0 rings (SSSR count). The number of hydrogen-bond acceptors (Lipinski definition) is 1. The third-order valence-corrected chi connectivity index (χ3v) is 2.11. The zero-order valence-electron chi connectivity index (χ0n) is 9.58. The summed E-state index contributed by atoms with van der Waals surface area (Å²) in [4.78, 5) is 0. The van der Waals surface area contributed by atoms with E-state index in [1.54, 1.807) is 0 Å². The Kier molecular flexibility index (Phi) is 10.1. The standard InChI is InChI=1S/C13H24O/c1-3-4-5-6-7-8-9-10-11-12-13(2)14/h4-7,13-14H,3,8-12H2,1-2H3/b5-4+,7-6-/t13-/m0/s1. The molecule has 0 saturated heterocycles. The Morgan fingerprint density at radius 2 is 1.79 bits per heavy atom. The molecule has 0 amide bonds. The second-order valence-electron chi connectivity index (χ2n) is 3.75. The van der Waals surface area contributed by atoms with Crippen LogP contribution in [0.3, 0.4) is 0 Å². The molecule has 1 heteroatoms. The minimum Gasteiger partial charge on any atom is -0.393 e. The molecular formula is C13H24O. The van der Waals surface area contributed by atoms with Gasteiger partial charge in [-0.15, -0.1) is 0 Å². The lowest BCUT2D eigenvalue weighted by Crippen LogP contribution is -1.97. The maximum atomic E-state index is 9.03. The fraction of sp³-hybridized carbons (Fsp3) is 0.692. The fourth-order valence-electron chi connectivity index (χ4n) is 1.27. The molecule has 0 radical (unpaired) electrons. The fourth-order valence-corrected chi connectivity index (χ4v) is 1.27. The van der Waals surface area contributed by atoms with Crippen molar-refractivity contribution in [3.63, 3.8) is 0 Å². The molecule has 14 heavy (non-hydrogen) atoms. The Labute approximate surface area is 88.5 Å². The summed E-state index contributed by atoms with van der Waals surface area (Å²) in [7, 11) is 0. The summed E-state index contributed by atoms with van der Waals surface area (Å²) in [5.74, 6) is 0. The van der Waals surface area contributed by atoms with Crippen LogP contribution >= 0.6 is 0 Å². The molecule has 1 atom stereocenters. The van der Waals surface area contributed by atoms with Crippen LogP contribution in [0.2, 0.25) is 0 Å². The summed E-state index contributed by atoms with van der Waals surface area (Å²) in [6, 6.07) is 0. The maximum absolute atomic E-state index is 9.03. The number of allylic oxidation sites excluding steroid dienone is 4. The monoisotopic (exact) mass is 196 g/mol. The number of unbranched alkanes of at least 4 members (excludes halogenated alkanes) is 3. The lowest BCUT2D eigenvalue weighted by Gasteiger charge is -2.01. The number of rotatable bonds is 8. The highest BCUT2D eigenvalue weighted by molar-refractivity contribution is 5.01. The molecule has 0 bridgehead atoms. The van der Waals surface area contributed by atoms with Gasteiger partial charge < -0.3 is 5.11 Å². The van der Waals surface area contributed by atoms with Crippen LogP contribution < -0.4 is 0 Å². The van der Waals surface area contributed by atoms with Crippen molar-refractivity contribution in [2.45, 2.75) is 58.5 Å². The van der Waals surface area contributed by atoms with Gasteiger partial charge in [-0.1, -0.05) is 44.1 Å². The third-order valence-electron chi connectivity index (χ3n) is 2.11. The molecule has 1 N–H and O–H groups in total. The number of aliphatic hydroxyl groups excluding tert-OH is 1. The van der Waals surface area contributed by atoms with Crippen molar-refractivity contribution < 1.29 is 5.11 Å². The van der Waals surface area contributed by atoms with Gasteiger partial charge in [-0.2, -0.15) is 0 Å². The smallest absolute Gasteiger partial charge is 0.0512 e. The largest absolute Gasteiger partial charge is 0.393 e. The van der Waals surface area contributed by atoms with Crippen LogP contribution in [-0.4, -0.2) is 11.2 Å². The SMILES string of the molecule is CC/C=C/C=C\CCCCC[C@H](C)O. The summed E-state index contributed by atoms with van der Waals surface area (Å²) < 4.78 is 0. The Bertz CT molecular complexity index is 157. The average molecular weight is 196 g/mol. The lowest BCUT2D eigenvalue weighted by atomic mass is 10.1. The minimum atomic E-state index is -0.127. The molecule has 82 valence electrons. The van der Waals surface area contributed by atoms with Crippen molar-refractivity contribution in [1.29, 1.82) is 0 Å². The Morgan fingerprint density at radius 1 is 1.07 bits per heavy atom. The highest BCUT2D eigenvalue weighted by Gasteiger charge is 1.93. The van der Waals surface area contributed by atoms with E-state index in [4.69, 9.17) is 5.11 Å². The van der Waals surface area contributed by atoms with Crippen LogP contribution in [0.5, 0.6) is 0 Å². The van der Waals surface area contributed by atoms with Gasteiger partial charge >= 0.3 is 0 Å². The van der Waals surface area contributed by atoms with E-state index < -0.39 is 0 Å². The van der Waals surface area contributed by atoms with Crippen LogP contribution in [0.15, 0.2) is 24.3 Å². The van der Waals surface area contributed by atoms with Gasteiger partial charge in [0.05, 0.1) is 6.10 Å². The van der Waals surface area contributed by atoms with Gasteiger partial charge in [0, 0.05) is 0 Å². The van der Waals surface area contributed by atoms with Crippen LogP contribution in [0.4, 0.5) is 0 Å². The van der Waals surface area contributed by atoms with E-state index in [0.717, 1.165) is 25.7 Å². The van der Waals surface area contributed by atoms with Gasteiger partial charge in [0.1, 0.15) is 0 Å². The Balaban J connectivity index is 3.13. The summed E-state index contributed by atoms with van der Waals surface area (Å²) in [6.07, 6.45) is 15.3. The highest BCUT2D eigenvalue weighted by atomic mass is 16.3. The molecule has 0 fully saturated rings. The van der Waals surface area contributed by atoms with Crippen LogP contribution in [0.1, 0.15) is 52.4 Å². The van der Waals surface area contributed by atoms with Crippen molar-refractivity contribution in [3.8, 4) is 0 Å². The molecule has 0 spiro atoms. The minimum absolute atomic E-state index is 0.127. The number of aliphatic hydroxyl groups is 1. The normalized spacial score (nSPS) is 14.2. The van der Waals surface area contributed by atoms with E-state index in [9.17, 15) is 0 Å². The molecule has 0 aliphatic heterocycles. The van der Waals surface area contributed by atoms with Crippen molar-refractivity contribution in [1.82, 2.24) is 0 Å². The predicted molar refractivity (Wildman–Crippen MR) is 63.3 cm³/mol. The summed E-state index contributed by atoms with van der Waals surface area (Å²) in [6.45, 7) is 4.00. The van der Waals surface area contributed by atoms with Gasteiger partial charge in [0.2, 0.25) is 0 Å². The first-order valence-corrected chi connectivity index (χ1v) is 5.77. The highest BCUT2D eigenvalue weighted by Crippen LogP contribution is 2.05. The van der Waals surface area contributed by atoms with Crippen LogP contribution in [0.25, 0.3) is 0 Å². The van der Waals surface area contributed by atoms with Gasteiger partial charge in [0.15, 0.2) is 0 Å². The quantitative estimate of drug-likeness (QED) is 0.462. The van der Waals surface area contributed by atoms with Crippen molar-refractivity contribution in [2.24, 2.45) is 0 Å². The molecule has 0 aromatic rings.